The third-order valence-corrected chi connectivity index (χ3v) is 3.62. The molecule has 1 atom stereocenters. The molecule has 21 heavy (non-hydrogen) atoms. The summed E-state index contributed by atoms with van der Waals surface area (Å²) in [5.41, 5.74) is 4.02. The Morgan fingerprint density at radius 1 is 1.24 bits per heavy atom. The summed E-state index contributed by atoms with van der Waals surface area (Å²) in [7, 11) is 1.95. The maximum absolute atomic E-state index is 13.7. The lowest BCUT2D eigenvalue weighted by Gasteiger charge is -2.20. The van der Waals surface area contributed by atoms with Crippen LogP contribution < -0.4 is 5.32 Å². The number of nitrogens with one attached hydrogen (secondary N) is 1. The Balaban J connectivity index is 2.43. The molecule has 1 N–H and O–H groups in total. The average Bonchev–Trinajstić information content (AvgIpc) is 2.80. The smallest absolute Gasteiger partial charge is 0.123 e. The van der Waals surface area contributed by atoms with E-state index in [1.54, 1.807) is 12.1 Å². The molecule has 0 aliphatic rings. The maximum atomic E-state index is 13.7. The molecule has 0 aliphatic carbocycles. The van der Waals surface area contributed by atoms with E-state index < -0.39 is 0 Å². The van der Waals surface area contributed by atoms with Crippen LogP contribution in [0, 0.1) is 12.7 Å². The highest BCUT2D eigenvalue weighted by atomic mass is 19.1. The highest BCUT2D eigenvalue weighted by Gasteiger charge is 2.19. The van der Waals surface area contributed by atoms with Crippen molar-refractivity contribution in [1.82, 2.24) is 15.1 Å². The number of hydrogen-bond donors (Lipinski definition) is 1. The van der Waals surface area contributed by atoms with Crippen LogP contribution in [0.15, 0.2) is 24.3 Å². The van der Waals surface area contributed by atoms with Gasteiger partial charge < -0.3 is 5.32 Å². The van der Waals surface area contributed by atoms with E-state index in [0.29, 0.717) is 0 Å². The van der Waals surface area contributed by atoms with Gasteiger partial charge in [-0.05, 0) is 55.6 Å². The van der Waals surface area contributed by atoms with Crippen molar-refractivity contribution in [2.75, 3.05) is 6.54 Å². The Kier molecular flexibility index (Phi) is 5.12. The van der Waals surface area contributed by atoms with Gasteiger partial charge in [0, 0.05) is 7.05 Å². The lowest BCUT2D eigenvalue weighted by atomic mass is 10.0. The quantitative estimate of drug-likeness (QED) is 0.882. The number of halogens is 1. The molecule has 0 aliphatic heterocycles. The van der Waals surface area contributed by atoms with Crippen molar-refractivity contribution >= 4 is 0 Å². The summed E-state index contributed by atoms with van der Waals surface area (Å²) in [6.07, 6.45) is 1.93. The molecule has 0 saturated carbocycles. The molecule has 1 aromatic carbocycles. The van der Waals surface area contributed by atoms with Gasteiger partial charge in [0.15, 0.2) is 0 Å². The zero-order valence-electron chi connectivity index (χ0n) is 13.3. The normalized spacial score (nSPS) is 12.6. The van der Waals surface area contributed by atoms with Crippen LogP contribution in [-0.4, -0.2) is 16.3 Å². The van der Waals surface area contributed by atoms with Gasteiger partial charge in [-0.3, -0.25) is 4.68 Å². The Labute approximate surface area is 126 Å². The minimum Gasteiger partial charge on any atom is -0.305 e. The summed E-state index contributed by atoms with van der Waals surface area (Å²) in [6.45, 7) is 7.02. The molecule has 1 aromatic heterocycles. The number of benzene rings is 1. The Hall–Kier alpha value is -1.68. The second-order valence-electron chi connectivity index (χ2n) is 5.49. The predicted molar refractivity (Wildman–Crippen MR) is 83.9 cm³/mol. The molecule has 4 heteroatoms. The van der Waals surface area contributed by atoms with Gasteiger partial charge in [-0.1, -0.05) is 19.9 Å². The van der Waals surface area contributed by atoms with Crippen LogP contribution in [0.25, 0.3) is 0 Å². The van der Waals surface area contributed by atoms with E-state index in [-0.39, 0.29) is 11.9 Å². The maximum Gasteiger partial charge on any atom is 0.123 e. The number of rotatable bonds is 6. The molecule has 0 spiro atoms. The van der Waals surface area contributed by atoms with E-state index in [0.717, 1.165) is 41.9 Å². The molecule has 114 valence electrons. The van der Waals surface area contributed by atoms with Gasteiger partial charge in [-0.25, -0.2) is 4.39 Å². The Morgan fingerprint density at radius 2 is 2.00 bits per heavy atom. The number of aromatic nitrogens is 2. The van der Waals surface area contributed by atoms with E-state index in [4.69, 9.17) is 0 Å². The summed E-state index contributed by atoms with van der Waals surface area (Å²) in [5, 5.41) is 8.02. The molecule has 0 saturated heterocycles. The van der Waals surface area contributed by atoms with Gasteiger partial charge >= 0.3 is 0 Å². The number of nitrogens with zero attached hydrogens (tertiary/aromatic N) is 2. The molecule has 0 bridgehead atoms. The summed E-state index contributed by atoms with van der Waals surface area (Å²) in [5.74, 6) is -0.189. The van der Waals surface area contributed by atoms with Crippen molar-refractivity contribution in [1.29, 1.82) is 0 Å². The first-order valence-corrected chi connectivity index (χ1v) is 7.58. The minimum atomic E-state index is -0.189. The van der Waals surface area contributed by atoms with E-state index in [1.807, 2.05) is 24.7 Å². The summed E-state index contributed by atoms with van der Waals surface area (Å²) < 4.78 is 15.6. The highest BCUT2D eigenvalue weighted by molar-refractivity contribution is 5.32. The summed E-state index contributed by atoms with van der Waals surface area (Å²) in [4.78, 5) is 0. The van der Waals surface area contributed by atoms with Crippen LogP contribution in [0.2, 0.25) is 0 Å². The van der Waals surface area contributed by atoms with Crippen LogP contribution in [-0.2, 0) is 13.5 Å². The standard InChI is InChI=1S/C17H24FN3/c1-5-7-19-17(13-8-12(3)9-14(18)10-13)16-11-15(6-2)20-21(16)4/h8-11,17,19H,5-7H2,1-4H3. The lowest BCUT2D eigenvalue weighted by molar-refractivity contribution is 0.547. The first kappa shape index (κ1) is 15.7. The van der Waals surface area contributed by atoms with Gasteiger partial charge in [-0.15, -0.1) is 0 Å². The van der Waals surface area contributed by atoms with E-state index in [2.05, 4.69) is 30.3 Å². The number of aryl methyl sites for hydroxylation is 3. The topological polar surface area (TPSA) is 29.9 Å². The fraction of sp³-hybridized carbons (Fsp3) is 0.471. The van der Waals surface area contributed by atoms with Crippen molar-refractivity contribution in [2.24, 2.45) is 7.05 Å². The monoisotopic (exact) mass is 289 g/mol. The minimum absolute atomic E-state index is 0.0304. The molecule has 1 unspecified atom stereocenters. The third-order valence-electron chi connectivity index (χ3n) is 3.62. The van der Waals surface area contributed by atoms with Gasteiger partial charge in [0.25, 0.3) is 0 Å². The first-order valence-electron chi connectivity index (χ1n) is 7.58. The third kappa shape index (κ3) is 3.70. The van der Waals surface area contributed by atoms with Crippen LogP contribution in [0.4, 0.5) is 4.39 Å². The van der Waals surface area contributed by atoms with Crippen molar-refractivity contribution in [3.8, 4) is 0 Å². The van der Waals surface area contributed by atoms with Gasteiger partial charge in [0.05, 0.1) is 17.4 Å². The van der Waals surface area contributed by atoms with Crippen LogP contribution in [0.1, 0.15) is 48.8 Å². The second kappa shape index (κ2) is 6.85. The predicted octanol–water partition coefficient (Wildman–Crippen LogP) is 3.52. The molecule has 2 aromatic rings. The molecule has 1 heterocycles. The highest BCUT2D eigenvalue weighted by Crippen LogP contribution is 2.24. The van der Waals surface area contributed by atoms with Crippen molar-refractivity contribution in [3.63, 3.8) is 0 Å². The van der Waals surface area contributed by atoms with Gasteiger partial charge in [0.2, 0.25) is 0 Å². The fourth-order valence-corrected chi connectivity index (χ4v) is 2.60. The zero-order valence-corrected chi connectivity index (χ0v) is 13.3. The molecule has 0 fully saturated rings. The molecule has 0 radical (unpaired) electrons. The van der Waals surface area contributed by atoms with Gasteiger partial charge in [0.1, 0.15) is 5.82 Å². The number of hydrogen-bond acceptors (Lipinski definition) is 2. The van der Waals surface area contributed by atoms with E-state index in [1.165, 1.54) is 0 Å². The average molecular weight is 289 g/mol. The summed E-state index contributed by atoms with van der Waals surface area (Å²) in [6, 6.07) is 7.28. The van der Waals surface area contributed by atoms with Crippen molar-refractivity contribution < 1.29 is 4.39 Å². The molecular formula is C17H24FN3. The van der Waals surface area contributed by atoms with E-state index in [9.17, 15) is 4.39 Å². The molecule has 3 nitrogen and oxygen atoms in total. The van der Waals surface area contributed by atoms with Crippen LogP contribution >= 0.6 is 0 Å². The van der Waals surface area contributed by atoms with E-state index >= 15 is 0 Å². The molecule has 2 rings (SSSR count). The SMILES string of the molecule is CCCNC(c1cc(C)cc(F)c1)c1cc(CC)nn1C. The lowest BCUT2D eigenvalue weighted by Crippen LogP contribution is -2.25. The Morgan fingerprint density at radius 3 is 2.57 bits per heavy atom. The molecular weight excluding hydrogens is 265 g/mol. The fourth-order valence-electron chi connectivity index (χ4n) is 2.60. The van der Waals surface area contributed by atoms with Crippen molar-refractivity contribution in [3.05, 3.63) is 52.6 Å². The van der Waals surface area contributed by atoms with Crippen molar-refractivity contribution in [2.45, 2.75) is 39.7 Å². The van der Waals surface area contributed by atoms with Gasteiger partial charge in [-0.2, -0.15) is 5.10 Å². The zero-order chi connectivity index (χ0) is 15.4. The summed E-state index contributed by atoms with van der Waals surface area (Å²) >= 11 is 0. The van der Waals surface area contributed by atoms with Crippen LogP contribution in [0.3, 0.4) is 0 Å². The Bertz CT molecular complexity index is 584. The molecule has 0 amide bonds. The second-order valence-corrected chi connectivity index (χ2v) is 5.49. The van der Waals surface area contributed by atoms with Crippen LogP contribution in [0.5, 0.6) is 0 Å². The first-order chi connectivity index (χ1) is 10.0. The largest absolute Gasteiger partial charge is 0.305 e.